The number of hydrogen-bond donors (Lipinski definition) is 3. The summed E-state index contributed by atoms with van der Waals surface area (Å²) in [5, 5.41) is 6.82. The van der Waals surface area contributed by atoms with E-state index < -0.39 is 0 Å². The first-order valence-electron chi connectivity index (χ1n) is 8.25. The molecule has 0 aromatic heterocycles. The fourth-order valence-corrected chi connectivity index (χ4v) is 3.60. The van der Waals surface area contributed by atoms with Gasteiger partial charge < -0.3 is 21.1 Å². The van der Waals surface area contributed by atoms with E-state index in [2.05, 4.69) is 24.5 Å². The minimum absolute atomic E-state index is 0. The van der Waals surface area contributed by atoms with Crippen molar-refractivity contribution >= 4 is 18.3 Å². The maximum atomic E-state index is 11.5. The molecule has 2 atom stereocenters. The second-order valence-corrected chi connectivity index (χ2v) is 6.83. The number of carbonyl (C=O) groups excluding carboxylic acids is 1. The number of nitrogens with one attached hydrogen (secondary N) is 2. The Morgan fingerprint density at radius 3 is 2.67 bits per heavy atom. The van der Waals surface area contributed by atoms with Gasteiger partial charge in [0.15, 0.2) is 0 Å². The SMILES string of the molecule is CNCCCN[C@@H]1[C@@H](OC)Cc2ccc(C(N)=O)cc2C1(C)C.Cl. The largest absolute Gasteiger partial charge is 0.379 e. The highest BCUT2D eigenvalue weighted by molar-refractivity contribution is 5.93. The predicted molar refractivity (Wildman–Crippen MR) is 100 cm³/mol. The van der Waals surface area contributed by atoms with E-state index in [4.69, 9.17) is 10.5 Å². The molecule has 6 heteroatoms. The van der Waals surface area contributed by atoms with E-state index in [0.29, 0.717) is 5.56 Å². The quantitative estimate of drug-likeness (QED) is 0.650. The van der Waals surface area contributed by atoms with E-state index in [1.165, 1.54) is 11.1 Å². The van der Waals surface area contributed by atoms with Gasteiger partial charge >= 0.3 is 0 Å². The van der Waals surface area contributed by atoms with Crippen molar-refractivity contribution in [3.63, 3.8) is 0 Å². The van der Waals surface area contributed by atoms with Crippen molar-refractivity contribution in [2.24, 2.45) is 5.73 Å². The maximum absolute atomic E-state index is 11.5. The van der Waals surface area contributed by atoms with Crippen LogP contribution in [0.4, 0.5) is 0 Å². The Bertz CT molecular complexity index is 563. The Morgan fingerprint density at radius 1 is 1.38 bits per heavy atom. The van der Waals surface area contributed by atoms with Crippen molar-refractivity contribution in [1.29, 1.82) is 0 Å². The zero-order valence-electron chi connectivity index (χ0n) is 15.0. The van der Waals surface area contributed by atoms with E-state index in [9.17, 15) is 4.79 Å². The Morgan fingerprint density at radius 2 is 2.08 bits per heavy atom. The van der Waals surface area contributed by atoms with E-state index in [1.807, 2.05) is 25.2 Å². The third-order valence-electron chi connectivity index (χ3n) is 4.93. The Hall–Kier alpha value is -1.14. The molecule has 1 aliphatic carbocycles. The summed E-state index contributed by atoms with van der Waals surface area (Å²) in [7, 11) is 3.73. The Labute approximate surface area is 151 Å². The standard InChI is InChI=1S/C18H29N3O2.ClH/c1-18(2)14-10-13(17(19)22)7-6-12(14)11-15(23-4)16(18)21-9-5-8-20-3;/h6-7,10,15-16,20-21H,5,8-9,11H2,1-4H3,(H2,19,22);1H/t15-,16+;/m0./s1. The van der Waals surface area contributed by atoms with Crippen molar-refractivity contribution in [3.05, 3.63) is 34.9 Å². The number of amides is 1. The van der Waals surface area contributed by atoms with Crippen LogP contribution in [-0.2, 0) is 16.6 Å². The number of halogens is 1. The minimum atomic E-state index is -0.379. The van der Waals surface area contributed by atoms with E-state index in [0.717, 1.165) is 25.9 Å². The lowest BCUT2D eigenvalue weighted by Gasteiger charge is -2.45. The van der Waals surface area contributed by atoms with Crippen LogP contribution in [0.15, 0.2) is 18.2 Å². The molecular formula is C18H30ClN3O2. The van der Waals surface area contributed by atoms with Crippen LogP contribution < -0.4 is 16.4 Å². The summed E-state index contributed by atoms with van der Waals surface area (Å²) >= 11 is 0. The van der Waals surface area contributed by atoms with Gasteiger partial charge in [0.05, 0.1) is 6.10 Å². The summed E-state index contributed by atoms with van der Waals surface area (Å²) in [6.07, 6.45) is 2.03. The zero-order chi connectivity index (χ0) is 17.0. The number of methoxy groups -OCH3 is 1. The maximum Gasteiger partial charge on any atom is 0.248 e. The lowest BCUT2D eigenvalue weighted by Crippen LogP contribution is -2.57. The molecule has 0 radical (unpaired) electrons. The molecule has 0 saturated heterocycles. The van der Waals surface area contributed by atoms with Crippen molar-refractivity contribution in [2.45, 2.75) is 44.2 Å². The van der Waals surface area contributed by atoms with Gasteiger partial charge in [-0.2, -0.15) is 0 Å². The number of benzene rings is 1. The highest BCUT2D eigenvalue weighted by atomic mass is 35.5. The van der Waals surface area contributed by atoms with Gasteiger partial charge in [0.25, 0.3) is 0 Å². The first-order chi connectivity index (χ1) is 10.9. The molecule has 136 valence electrons. The van der Waals surface area contributed by atoms with Gasteiger partial charge in [-0.3, -0.25) is 4.79 Å². The molecule has 0 bridgehead atoms. The Balaban J connectivity index is 0.00000288. The summed E-state index contributed by atoms with van der Waals surface area (Å²) < 4.78 is 5.76. The second-order valence-electron chi connectivity index (χ2n) is 6.83. The average Bonchev–Trinajstić information content (AvgIpc) is 2.52. The van der Waals surface area contributed by atoms with Gasteiger partial charge in [-0.1, -0.05) is 19.9 Å². The van der Waals surface area contributed by atoms with Crippen molar-refractivity contribution < 1.29 is 9.53 Å². The van der Waals surface area contributed by atoms with Gasteiger partial charge in [0.2, 0.25) is 5.91 Å². The van der Waals surface area contributed by atoms with Gasteiger partial charge in [0, 0.05) is 30.6 Å². The molecule has 2 rings (SSSR count). The highest BCUT2D eigenvalue weighted by Crippen LogP contribution is 2.38. The summed E-state index contributed by atoms with van der Waals surface area (Å²) in [5.41, 5.74) is 8.31. The van der Waals surface area contributed by atoms with Crippen molar-refractivity contribution in [2.75, 3.05) is 27.2 Å². The summed E-state index contributed by atoms with van der Waals surface area (Å²) in [6, 6.07) is 5.97. The molecule has 24 heavy (non-hydrogen) atoms. The lowest BCUT2D eigenvalue weighted by molar-refractivity contribution is 0.0356. The number of ether oxygens (including phenoxy) is 1. The van der Waals surface area contributed by atoms with Crippen LogP contribution in [0.3, 0.4) is 0 Å². The summed E-state index contributed by atoms with van der Waals surface area (Å²) in [6.45, 7) is 6.33. The van der Waals surface area contributed by atoms with Crippen LogP contribution >= 0.6 is 12.4 Å². The number of fused-ring (bicyclic) bond motifs is 1. The average molecular weight is 356 g/mol. The molecule has 1 aromatic carbocycles. The third kappa shape index (κ3) is 4.28. The van der Waals surface area contributed by atoms with Gasteiger partial charge in [-0.25, -0.2) is 0 Å². The van der Waals surface area contributed by atoms with Crippen LogP contribution in [0.25, 0.3) is 0 Å². The van der Waals surface area contributed by atoms with E-state index in [1.54, 1.807) is 7.11 Å². The first kappa shape index (κ1) is 20.9. The molecule has 0 spiro atoms. The fraction of sp³-hybridized carbons (Fsp3) is 0.611. The predicted octanol–water partition coefficient (Wildman–Crippen LogP) is 1.62. The molecule has 1 amide bonds. The number of rotatable bonds is 7. The van der Waals surface area contributed by atoms with Crippen molar-refractivity contribution in [1.82, 2.24) is 10.6 Å². The van der Waals surface area contributed by atoms with Gasteiger partial charge in [-0.05, 0) is 49.8 Å². The minimum Gasteiger partial charge on any atom is -0.379 e. The normalized spacial score (nSPS) is 21.7. The number of hydrogen-bond acceptors (Lipinski definition) is 4. The van der Waals surface area contributed by atoms with E-state index >= 15 is 0 Å². The highest BCUT2D eigenvalue weighted by Gasteiger charge is 2.42. The lowest BCUT2D eigenvalue weighted by atomic mass is 9.67. The monoisotopic (exact) mass is 355 g/mol. The number of primary amides is 1. The smallest absolute Gasteiger partial charge is 0.248 e. The molecular weight excluding hydrogens is 326 g/mol. The fourth-order valence-electron chi connectivity index (χ4n) is 3.60. The van der Waals surface area contributed by atoms with Crippen LogP contribution in [0.5, 0.6) is 0 Å². The summed E-state index contributed by atoms with van der Waals surface area (Å²) in [4.78, 5) is 11.5. The van der Waals surface area contributed by atoms with E-state index in [-0.39, 0.29) is 35.9 Å². The zero-order valence-corrected chi connectivity index (χ0v) is 15.8. The number of nitrogens with two attached hydrogens (primary N) is 1. The number of carbonyl (C=O) groups is 1. The molecule has 0 fully saturated rings. The molecule has 5 nitrogen and oxygen atoms in total. The van der Waals surface area contributed by atoms with Crippen LogP contribution in [-0.4, -0.2) is 45.3 Å². The molecule has 0 aliphatic heterocycles. The molecule has 0 heterocycles. The molecule has 0 saturated carbocycles. The van der Waals surface area contributed by atoms with Crippen LogP contribution in [0.1, 0.15) is 41.8 Å². The molecule has 1 aliphatic rings. The van der Waals surface area contributed by atoms with Gasteiger partial charge in [0.1, 0.15) is 0 Å². The summed E-state index contributed by atoms with van der Waals surface area (Å²) in [5.74, 6) is -0.379. The third-order valence-corrected chi connectivity index (χ3v) is 4.93. The molecule has 0 unspecified atom stereocenters. The molecule has 4 N–H and O–H groups in total. The van der Waals surface area contributed by atoms with Crippen LogP contribution in [0.2, 0.25) is 0 Å². The Kier molecular flexibility index (Phi) is 7.67. The first-order valence-corrected chi connectivity index (χ1v) is 8.25. The topological polar surface area (TPSA) is 76.4 Å². The van der Waals surface area contributed by atoms with Gasteiger partial charge in [-0.15, -0.1) is 12.4 Å². The van der Waals surface area contributed by atoms with Crippen LogP contribution in [0, 0.1) is 0 Å². The van der Waals surface area contributed by atoms with Crippen molar-refractivity contribution in [3.8, 4) is 0 Å². The molecule has 1 aromatic rings. The second kappa shape index (κ2) is 8.81.